The van der Waals surface area contributed by atoms with Gasteiger partial charge in [0, 0.05) is 11.8 Å². The van der Waals surface area contributed by atoms with Gasteiger partial charge in [0.25, 0.3) is 0 Å². The lowest BCUT2D eigenvalue weighted by molar-refractivity contribution is 0.0696. The summed E-state index contributed by atoms with van der Waals surface area (Å²) in [5.74, 6) is -0.831. The van der Waals surface area contributed by atoms with Crippen LogP contribution in [0.25, 0.3) is 17.0 Å². The number of pyridine rings is 1. The Hall–Kier alpha value is -2.31. The largest absolute Gasteiger partial charge is 0.508 e. The van der Waals surface area contributed by atoms with Crippen LogP contribution in [0, 0.1) is 0 Å². The first kappa shape index (κ1) is 13.7. The van der Waals surface area contributed by atoms with Crippen LogP contribution in [0.2, 0.25) is 10.0 Å². The molecule has 0 radical (unpaired) electrons. The molecule has 1 aromatic carbocycles. The van der Waals surface area contributed by atoms with Gasteiger partial charge in [-0.25, -0.2) is 4.79 Å². The van der Waals surface area contributed by atoms with Crippen LogP contribution in [-0.4, -0.2) is 30.8 Å². The van der Waals surface area contributed by atoms with Crippen molar-refractivity contribution < 1.29 is 15.0 Å². The second kappa shape index (κ2) is 4.91. The molecule has 2 aromatic heterocycles. The van der Waals surface area contributed by atoms with Crippen LogP contribution in [0.15, 0.2) is 30.5 Å². The van der Waals surface area contributed by atoms with Crippen molar-refractivity contribution in [1.82, 2.24) is 14.6 Å². The van der Waals surface area contributed by atoms with Crippen molar-refractivity contribution in [1.29, 1.82) is 0 Å². The maximum absolute atomic E-state index is 11.1. The molecule has 0 saturated carbocycles. The molecule has 8 heteroatoms. The van der Waals surface area contributed by atoms with E-state index in [0.717, 1.165) is 0 Å². The quantitative estimate of drug-likeness (QED) is 0.756. The number of carbonyl (C=O) groups is 1. The molecule has 0 aliphatic rings. The Balaban J connectivity index is 2.33. The van der Waals surface area contributed by atoms with Gasteiger partial charge in [0.1, 0.15) is 5.75 Å². The highest BCUT2D eigenvalue weighted by molar-refractivity contribution is 6.34. The van der Waals surface area contributed by atoms with Crippen LogP contribution in [-0.2, 0) is 0 Å². The number of phenols is 1. The van der Waals surface area contributed by atoms with Crippen molar-refractivity contribution in [3.8, 4) is 17.1 Å². The number of fused-ring (bicyclic) bond motifs is 1. The molecular formula is C13H7Cl2N3O3. The second-order valence-electron chi connectivity index (χ2n) is 4.26. The summed E-state index contributed by atoms with van der Waals surface area (Å²) in [5, 5.41) is 27.0. The summed E-state index contributed by atoms with van der Waals surface area (Å²) in [6, 6.07) is 5.66. The van der Waals surface area contributed by atoms with Crippen LogP contribution in [0.3, 0.4) is 0 Å². The molecule has 3 aromatic rings. The molecule has 106 valence electrons. The van der Waals surface area contributed by atoms with Gasteiger partial charge in [-0.2, -0.15) is 0 Å². The SMILES string of the molecule is O=C(O)c1cc(Cl)c2nnc(-c3cc(O)ccc3Cl)n2c1. The van der Waals surface area contributed by atoms with Crippen molar-refractivity contribution in [2.24, 2.45) is 0 Å². The van der Waals surface area contributed by atoms with Gasteiger partial charge in [-0.15, -0.1) is 10.2 Å². The van der Waals surface area contributed by atoms with Gasteiger partial charge >= 0.3 is 5.97 Å². The number of carboxylic acids is 1. The maximum Gasteiger partial charge on any atom is 0.337 e. The summed E-state index contributed by atoms with van der Waals surface area (Å²) in [6.07, 6.45) is 1.35. The molecule has 21 heavy (non-hydrogen) atoms. The van der Waals surface area contributed by atoms with E-state index in [1.165, 1.54) is 34.9 Å². The molecule has 2 N–H and O–H groups in total. The first-order valence-corrected chi connectivity index (χ1v) is 6.49. The molecule has 0 fully saturated rings. The van der Waals surface area contributed by atoms with E-state index < -0.39 is 5.97 Å². The highest BCUT2D eigenvalue weighted by Crippen LogP contribution is 2.31. The summed E-state index contributed by atoms with van der Waals surface area (Å²) >= 11 is 12.1. The summed E-state index contributed by atoms with van der Waals surface area (Å²) < 4.78 is 1.42. The van der Waals surface area contributed by atoms with Crippen molar-refractivity contribution >= 4 is 34.8 Å². The third-order valence-electron chi connectivity index (χ3n) is 2.90. The van der Waals surface area contributed by atoms with Gasteiger partial charge < -0.3 is 10.2 Å². The fourth-order valence-corrected chi connectivity index (χ4v) is 2.39. The van der Waals surface area contributed by atoms with Gasteiger partial charge in [-0.3, -0.25) is 4.40 Å². The lowest BCUT2D eigenvalue weighted by atomic mass is 10.2. The number of carboxylic acid groups (broad SMARTS) is 1. The lowest BCUT2D eigenvalue weighted by Crippen LogP contribution is -2.00. The standard InChI is InChI=1S/C13H7Cl2N3O3/c14-9-2-1-7(19)4-8(9)11-16-17-12-10(15)3-6(13(20)21)5-18(11)12/h1-5,19H,(H,20,21). The van der Waals surface area contributed by atoms with Crippen molar-refractivity contribution in [3.63, 3.8) is 0 Å². The smallest absolute Gasteiger partial charge is 0.337 e. The molecule has 0 spiro atoms. The second-order valence-corrected chi connectivity index (χ2v) is 5.08. The fourth-order valence-electron chi connectivity index (χ4n) is 1.94. The van der Waals surface area contributed by atoms with Gasteiger partial charge in [-0.1, -0.05) is 23.2 Å². The van der Waals surface area contributed by atoms with Gasteiger partial charge in [0.05, 0.1) is 15.6 Å². The number of hydrogen-bond acceptors (Lipinski definition) is 4. The summed E-state index contributed by atoms with van der Waals surface area (Å²) in [5.41, 5.74) is 0.712. The predicted molar refractivity (Wildman–Crippen MR) is 77.1 cm³/mol. The van der Waals surface area contributed by atoms with E-state index in [1.54, 1.807) is 0 Å². The number of benzene rings is 1. The predicted octanol–water partition coefficient (Wildman–Crippen LogP) is 3.11. The zero-order chi connectivity index (χ0) is 15.1. The molecular weight excluding hydrogens is 317 g/mol. The van der Waals surface area contributed by atoms with Crippen molar-refractivity contribution in [2.45, 2.75) is 0 Å². The minimum absolute atomic E-state index is 0.00614. The van der Waals surface area contributed by atoms with Crippen LogP contribution < -0.4 is 0 Å². The normalized spacial score (nSPS) is 11.0. The number of nitrogens with zero attached hydrogens (tertiary/aromatic N) is 3. The molecule has 3 rings (SSSR count). The van der Waals surface area contributed by atoms with Crippen LogP contribution in [0.1, 0.15) is 10.4 Å². The van der Waals surface area contributed by atoms with Gasteiger partial charge in [-0.05, 0) is 24.3 Å². The molecule has 0 aliphatic carbocycles. The van der Waals surface area contributed by atoms with E-state index in [-0.39, 0.29) is 22.2 Å². The Morgan fingerprint density at radius 1 is 1.14 bits per heavy atom. The fraction of sp³-hybridized carbons (Fsp3) is 0. The van der Waals surface area contributed by atoms with Crippen LogP contribution >= 0.6 is 23.2 Å². The summed E-state index contributed by atoms with van der Waals surface area (Å²) in [6.45, 7) is 0. The van der Waals surface area contributed by atoms with Crippen molar-refractivity contribution in [3.05, 3.63) is 46.1 Å². The van der Waals surface area contributed by atoms with E-state index >= 15 is 0 Å². The minimum Gasteiger partial charge on any atom is -0.508 e. The summed E-state index contributed by atoms with van der Waals surface area (Å²) in [7, 11) is 0. The molecule has 0 atom stereocenters. The number of hydrogen-bond donors (Lipinski definition) is 2. The number of rotatable bonds is 2. The van der Waals surface area contributed by atoms with E-state index in [1.807, 2.05) is 0 Å². The highest BCUT2D eigenvalue weighted by atomic mass is 35.5. The number of aromatic carboxylic acids is 1. The average Bonchev–Trinajstić information content (AvgIpc) is 2.85. The number of phenolic OH excluding ortho intramolecular Hbond substituents is 1. The molecule has 0 bridgehead atoms. The zero-order valence-electron chi connectivity index (χ0n) is 10.3. The number of halogens is 2. The Bertz CT molecular complexity index is 876. The van der Waals surface area contributed by atoms with Crippen LogP contribution in [0.5, 0.6) is 5.75 Å². The molecule has 6 nitrogen and oxygen atoms in total. The van der Waals surface area contributed by atoms with Gasteiger partial charge in [0.15, 0.2) is 11.5 Å². The molecule has 2 heterocycles. The van der Waals surface area contributed by atoms with E-state index in [9.17, 15) is 9.90 Å². The Kier molecular flexibility index (Phi) is 3.19. The van der Waals surface area contributed by atoms with Crippen molar-refractivity contribution in [2.75, 3.05) is 0 Å². The van der Waals surface area contributed by atoms with Gasteiger partial charge in [0.2, 0.25) is 0 Å². The zero-order valence-corrected chi connectivity index (χ0v) is 11.8. The Labute approximate surface area is 128 Å². The Morgan fingerprint density at radius 2 is 1.90 bits per heavy atom. The average molecular weight is 324 g/mol. The minimum atomic E-state index is -1.12. The first-order valence-electron chi connectivity index (χ1n) is 5.74. The topological polar surface area (TPSA) is 87.7 Å². The maximum atomic E-state index is 11.1. The first-order chi connectivity index (χ1) is 9.97. The highest BCUT2D eigenvalue weighted by Gasteiger charge is 2.16. The monoisotopic (exact) mass is 323 g/mol. The molecule has 0 amide bonds. The molecule has 0 saturated heterocycles. The third kappa shape index (κ3) is 2.28. The molecule has 0 aliphatic heterocycles. The Morgan fingerprint density at radius 3 is 2.62 bits per heavy atom. The summed E-state index contributed by atoms with van der Waals surface area (Å²) in [4.78, 5) is 11.1. The molecule has 0 unspecified atom stereocenters. The van der Waals surface area contributed by atoms with E-state index in [2.05, 4.69) is 10.2 Å². The van der Waals surface area contributed by atoms with E-state index in [0.29, 0.717) is 16.2 Å². The lowest BCUT2D eigenvalue weighted by Gasteiger charge is -2.05. The van der Waals surface area contributed by atoms with E-state index in [4.69, 9.17) is 28.3 Å². The third-order valence-corrected chi connectivity index (χ3v) is 3.51. The number of aromatic hydroxyl groups is 1. The number of aromatic nitrogens is 3. The van der Waals surface area contributed by atoms with Crippen LogP contribution in [0.4, 0.5) is 0 Å².